The maximum Gasteiger partial charge on any atom is 0.0202 e. The van der Waals surface area contributed by atoms with Gasteiger partial charge in [-0.15, -0.1) is 0 Å². The van der Waals surface area contributed by atoms with Crippen molar-refractivity contribution >= 4 is 0 Å². The summed E-state index contributed by atoms with van der Waals surface area (Å²) in [5, 5.41) is 3.20. The van der Waals surface area contributed by atoms with Crippen molar-refractivity contribution in [2.75, 3.05) is 7.05 Å². The topological polar surface area (TPSA) is 12.0 Å². The highest BCUT2D eigenvalue weighted by Gasteiger charge is 2.04. The van der Waals surface area contributed by atoms with Gasteiger partial charge in [0.05, 0.1) is 0 Å². The molecule has 20 heavy (non-hydrogen) atoms. The van der Waals surface area contributed by atoms with Gasteiger partial charge in [-0.05, 0) is 54.1 Å². The standard InChI is InChI=1S/C19H25N/c1-14(2)11-16-5-8-18(9-6-16)19-10-7-17(13-20-4)12-15(19)3/h5-10,12,14,20H,11,13H2,1-4H3. The molecule has 0 aliphatic carbocycles. The highest BCUT2D eigenvalue weighted by molar-refractivity contribution is 5.67. The Balaban J connectivity index is 2.23. The predicted octanol–water partition coefficient (Wildman–Crippen LogP) is 4.58. The third kappa shape index (κ3) is 3.71. The summed E-state index contributed by atoms with van der Waals surface area (Å²) in [4.78, 5) is 0. The highest BCUT2D eigenvalue weighted by atomic mass is 14.8. The molecule has 0 fully saturated rings. The molecule has 0 saturated heterocycles. The molecule has 0 heterocycles. The van der Waals surface area contributed by atoms with Gasteiger partial charge in [0, 0.05) is 6.54 Å². The average Bonchev–Trinajstić information content (AvgIpc) is 2.40. The summed E-state index contributed by atoms with van der Waals surface area (Å²) in [5.41, 5.74) is 6.75. The van der Waals surface area contributed by atoms with E-state index in [4.69, 9.17) is 0 Å². The van der Waals surface area contributed by atoms with Crippen LogP contribution in [0.4, 0.5) is 0 Å². The van der Waals surface area contributed by atoms with Crippen molar-refractivity contribution in [2.24, 2.45) is 5.92 Å². The first-order chi connectivity index (χ1) is 9.60. The largest absolute Gasteiger partial charge is 0.316 e. The van der Waals surface area contributed by atoms with Crippen LogP contribution in [0.25, 0.3) is 11.1 Å². The fraction of sp³-hybridized carbons (Fsp3) is 0.368. The fourth-order valence-electron chi connectivity index (χ4n) is 2.66. The molecule has 0 aromatic heterocycles. The first-order valence-electron chi connectivity index (χ1n) is 7.43. The van der Waals surface area contributed by atoms with Crippen molar-refractivity contribution in [3.8, 4) is 11.1 Å². The van der Waals surface area contributed by atoms with E-state index in [-0.39, 0.29) is 0 Å². The van der Waals surface area contributed by atoms with Crippen LogP contribution in [0.5, 0.6) is 0 Å². The summed E-state index contributed by atoms with van der Waals surface area (Å²) < 4.78 is 0. The van der Waals surface area contributed by atoms with Gasteiger partial charge in [0.2, 0.25) is 0 Å². The van der Waals surface area contributed by atoms with Crippen molar-refractivity contribution in [1.29, 1.82) is 0 Å². The molecule has 0 unspecified atom stereocenters. The lowest BCUT2D eigenvalue weighted by Gasteiger charge is -2.10. The van der Waals surface area contributed by atoms with Gasteiger partial charge in [0.25, 0.3) is 0 Å². The smallest absolute Gasteiger partial charge is 0.0202 e. The first-order valence-corrected chi connectivity index (χ1v) is 7.43. The summed E-state index contributed by atoms with van der Waals surface area (Å²) in [7, 11) is 1.98. The van der Waals surface area contributed by atoms with Crippen LogP contribution in [0.1, 0.15) is 30.5 Å². The molecule has 2 rings (SSSR count). The Kier molecular flexibility index (Phi) is 4.97. The Labute approximate surface area is 123 Å². The van der Waals surface area contributed by atoms with E-state index in [9.17, 15) is 0 Å². The van der Waals surface area contributed by atoms with E-state index >= 15 is 0 Å². The Morgan fingerprint density at radius 2 is 1.60 bits per heavy atom. The number of nitrogens with one attached hydrogen (secondary N) is 1. The Bertz CT molecular complexity index is 552. The molecule has 1 nitrogen and oxygen atoms in total. The summed E-state index contributed by atoms with van der Waals surface area (Å²) in [6, 6.07) is 15.7. The second-order valence-electron chi connectivity index (χ2n) is 5.97. The normalized spacial score (nSPS) is 11.1. The minimum Gasteiger partial charge on any atom is -0.316 e. The van der Waals surface area contributed by atoms with Crippen LogP contribution in [0, 0.1) is 12.8 Å². The molecule has 2 aromatic carbocycles. The van der Waals surface area contributed by atoms with Crippen LogP contribution >= 0.6 is 0 Å². The van der Waals surface area contributed by atoms with E-state index in [0.29, 0.717) is 5.92 Å². The van der Waals surface area contributed by atoms with Gasteiger partial charge >= 0.3 is 0 Å². The third-order valence-corrected chi connectivity index (χ3v) is 3.58. The van der Waals surface area contributed by atoms with Crippen molar-refractivity contribution in [2.45, 2.75) is 33.7 Å². The molecule has 0 aliphatic rings. The zero-order valence-electron chi connectivity index (χ0n) is 13.0. The van der Waals surface area contributed by atoms with Crippen LogP contribution in [0.15, 0.2) is 42.5 Å². The molecular weight excluding hydrogens is 242 g/mol. The number of benzene rings is 2. The van der Waals surface area contributed by atoms with Crippen molar-refractivity contribution in [3.63, 3.8) is 0 Å². The predicted molar refractivity (Wildman–Crippen MR) is 87.9 cm³/mol. The molecule has 0 amide bonds. The molecule has 0 bridgehead atoms. The van der Waals surface area contributed by atoms with E-state index in [2.05, 4.69) is 68.6 Å². The molecule has 0 saturated carbocycles. The van der Waals surface area contributed by atoms with E-state index < -0.39 is 0 Å². The molecule has 0 spiro atoms. The number of hydrogen-bond donors (Lipinski definition) is 1. The lowest BCUT2D eigenvalue weighted by molar-refractivity contribution is 0.647. The molecule has 0 aliphatic heterocycles. The summed E-state index contributed by atoms with van der Waals surface area (Å²) >= 11 is 0. The number of rotatable bonds is 5. The van der Waals surface area contributed by atoms with Crippen molar-refractivity contribution in [1.82, 2.24) is 5.32 Å². The Hall–Kier alpha value is -1.60. The van der Waals surface area contributed by atoms with Crippen LogP contribution in [0.2, 0.25) is 0 Å². The lowest BCUT2D eigenvalue weighted by atomic mass is 9.96. The molecule has 106 valence electrons. The first kappa shape index (κ1) is 14.8. The van der Waals surface area contributed by atoms with Gasteiger partial charge in [-0.1, -0.05) is 56.3 Å². The van der Waals surface area contributed by atoms with Crippen LogP contribution in [-0.4, -0.2) is 7.05 Å². The lowest BCUT2D eigenvalue weighted by Crippen LogP contribution is -2.05. The minimum absolute atomic E-state index is 0.711. The maximum absolute atomic E-state index is 3.20. The van der Waals surface area contributed by atoms with Crippen molar-refractivity contribution < 1.29 is 0 Å². The fourth-order valence-corrected chi connectivity index (χ4v) is 2.66. The summed E-state index contributed by atoms with van der Waals surface area (Å²) in [6.07, 6.45) is 1.15. The maximum atomic E-state index is 3.20. The number of hydrogen-bond acceptors (Lipinski definition) is 1. The Morgan fingerprint density at radius 3 is 2.15 bits per heavy atom. The second-order valence-corrected chi connectivity index (χ2v) is 5.97. The molecule has 1 heteroatoms. The van der Waals surface area contributed by atoms with E-state index in [1.165, 1.54) is 27.8 Å². The Morgan fingerprint density at radius 1 is 0.950 bits per heavy atom. The molecule has 1 N–H and O–H groups in total. The molecule has 2 aromatic rings. The van der Waals surface area contributed by atoms with Crippen LogP contribution < -0.4 is 5.32 Å². The highest BCUT2D eigenvalue weighted by Crippen LogP contribution is 2.25. The van der Waals surface area contributed by atoms with Gasteiger partial charge in [-0.2, -0.15) is 0 Å². The molecule has 0 atom stereocenters. The SMILES string of the molecule is CNCc1ccc(-c2ccc(CC(C)C)cc2)c(C)c1. The number of aryl methyl sites for hydroxylation is 1. The van der Waals surface area contributed by atoms with Crippen LogP contribution in [-0.2, 0) is 13.0 Å². The summed E-state index contributed by atoms with van der Waals surface area (Å²) in [5.74, 6) is 0.711. The van der Waals surface area contributed by atoms with E-state index in [1.807, 2.05) is 7.05 Å². The van der Waals surface area contributed by atoms with Gasteiger partial charge in [-0.25, -0.2) is 0 Å². The monoisotopic (exact) mass is 267 g/mol. The van der Waals surface area contributed by atoms with Gasteiger partial charge < -0.3 is 5.32 Å². The third-order valence-electron chi connectivity index (χ3n) is 3.58. The zero-order chi connectivity index (χ0) is 14.5. The van der Waals surface area contributed by atoms with E-state index in [0.717, 1.165) is 13.0 Å². The van der Waals surface area contributed by atoms with Gasteiger partial charge in [0.15, 0.2) is 0 Å². The van der Waals surface area contributed by atoms with Gasteiger partial charge in [0.1, 0.15) is 0 Å². The average molecular weight is 267 g/mol. The molecular formula is C19H25N. The summed E-state index contributed by atoms with van der Waals surface area (Å²) in [6.45, 7) is 7.64. The van der Waals surface area contributed by atoms with E-state index in [1.54, 1.807) is 0 Å². The second kappa shape index (κ2) is 6.71. The van der Waals surface area contributed by atoms with Crippen LogP contribution in [0.3, 0.4) is 0 Å². The molecule has 0 radical (unpaired) electrons. The van der Waals surface area contributed by atoms with Crippen molar-refractivity contribution in [3.05, 3.63) is 59.2 Å². The zero-order valence-corrected chi connectivity index (χ0v) is 13.0. The quantitative estimate of drug-likeness (QED) is 0.836. The minimum atomic E-state index is 0.711. The van der Waals surface area contributed by atoms with Gasteiger partial charge in [-0.3, -0.25) is 0 Å².